The second-order valence-electron chi connectivity index (χ2n) is 4.18. The monoisotopic (exact) mass is 248 g/mol. The third-order valence-electron chi connectivity index (χ3n) is 2.90. The minimum Gasteiger partial charge on any atom is -0.497 e. The molecule has 98 valence electrons. The van der Waals surface area contributed by atoms with Crippen LogP contribution in [0.3, 0.4) is 0 Å². The fraction of sp³-hybridized carbons (Fsp3) is 0.500. The third-order valence-corrected chi connectivity index (χ3v) is 2.90. The molecule has 0 saturated heterocycles. The van der Waals surface area contributed by atoms with Crippen LogP contribution >= 0.6 is 0 Å². The minimum atomic E-state index is -0.357. The van der Waals surface area contributed by atoms with Crippen LogP contribution in [0, 0.1) is 11.3 Å². The first-order chi connectivity index (χ1) is 8.64. The summed E-state index contributed by atoms with van der Waals surface area (Å²) in [6, 6.07) is 7.69. The Balaban J connectivity index is 3.01. The average Bonchev–Trinajstić information content (AvgIpc) is 2.43. The molecular weight excluding hydrogens is 228 g/mol. The molecule has 0 aliphatic rings. The van der Waals surface area contributed by atoms with Gasteiger partial charge in [0.15, 0.2) is 0 Å². The van der Waals surface area contributed by atoms with Gasteiger partial charge in [-0.3, -0.25) is 5.32 Å². The Labute approximate surface area is 109 Å². The van der Waals surface area contributed by atoms with Gasteiger partial charge < -0.3 is 9.47 Å². The van der Waals surface area contributed by atoms with Crippen molar-refractivity contribution in [1.82, 2.24) is 5.32 Å². The van der Waals surface area contributed by atoms with Crippen molar-refractivity contribution in [3.63, 3.8) is 0 Å². The van der Waals surface area contributed by atoms with Crippen LogP contribution in [0.4, 0.5) is 0 Å². The lowest BCUT2D eigenvalue weighted by Gasteiger charge is -2.18. The van der Waals surface area contributed by atoms with Crippen LogP contribution in [-0.4, -0.2) is 20.3 Å². The predicted octanol–water partition coefficient (Wildman–Crippen LogP) is 2.66. The summed E-state index contributed by atoms with van der Waals surface area (Å²) in [5.41, 5.74) is 0.856. The summed E-state index contributed by atoms with van der Waals surface area (Å²) in [7, 11) is 3.20. The maximum atomic E-state index is 9.26. The average molecular weight is 248 g/mol. The first-order valence-electron chi connectivity index (χ1n) is 6.03. The van der Waals surface area contributed by atoms with E-state index in [1.165, 1.54) is 0 Å². The Morgan fingerprint density at radius 3 is 2.17 bits per heavy atom. The summed E-state index contributed by atoms with van der Waals surface area (Å²) in [6.07, 6.45) is 0.972. The Morgan fingerprint density at radius 2 is 1.78 bits per heavy atom. The summed E-state index contributed by atoms with van der Waals surface area (Å²) in [4.78, 5) is 0. The van der Waals surface area contributed by atoms with Crippen LogP contribution in [0.2, 0.25) is 0 Å². The third kappa shape index (κ3) is 3.64. The van der Waals surface area contributed by atoms with Crippen LogP contribution in [0.1, 0.15) is 31.9 Å². The molecule has 4 heteroatoms. The second kappa shape index (κ2) is 6.87. The first-order valence-corrected chi connectivity index (χ1v) is 6.03. The van der Waals surface area contributed by atoms with Gasteiger partial charge in [-0.1, -0.05) is 6.92 Å². The molecule has 0 amide bonds. The second-order valence-corrected chi connectivity index (χ2v) is 4.18. The Morgan fingerprint density at radius 1 is 1.22 bits per heavy atom. The van der Waals surface area contributed by atoms with Crippen molar-refractivity contribution < 1.29 is 9.47 Å². The van der Waals surface area contributed by atoms with Crippen LogP contribution in [0.5, 0.6) is 11.5 Å². The maximum Gasteiger partial charge on any atom is 0.122 e. The lowest BCUT2D eigenvalue weighted by Crippen LogP contribution is -2.29. The van der Waals surface area contributed by atoms with E-state index in [2.05, 4.69) is 25.2 Å². The molecule has 0 bridgehead atoms. The number of hydrogen-bond donors (Lipinski definition) is 1. The number of nitrogens with one attached hydrogen (secondary N) is 1. The molecule has 2 atom stereocenters. The van der Waals surface area contributed by atoms with Crippen LogP contribution in [0.25, 0.3) is 0 Å². The molecule has 0 aliphatic heterocycles. The molecular formula is C14H20N2O2. The highest BCUT2D eigenvalue weighted by atomic mass is 16.5. The summed E-state index contributed by atoms with van der Waals surface area (Å²) in [5, 5.41) is 12.5. The molecule has 18 heavy (non-hydrogen) atoms. The zero-order chi connectivity index (χ0) is 13.5. The van der Waals surface area contributed by atoms with Crippen LogP contribution < -0.4 is 14.8 Å². The molecule has 0 spiro atoms. The quantitative estimate of drug-likeness (QED) is 0.841. The van der Waals surface area contributed by atoms with Crippen molar-refractivity contribution in [2.45, 2.75) is 32.4 Å². The zero-order valence-corrected chi connectivity index (χ0v) is 11.4. The molecule has 1 rings (SSSR count). The van der Waals surface area contributed by atoms with E-state index in [0.29, 0.717) is 11.5 Å². The van der Waals surface area contributed by atoms with Crippen molar-refractivity contribution in [3.05, 3.63) is 23.8 Å². The zero-order valence-electron chi connectivity index (χ0n) is 11.4. The fourth-order valence-electron chi connectivity index (χ4n) is 1.61. The van der Waals surface area contributed by atoms with Gasteiger partial charge >= 0.3 is 0 Å². The van der Waals surface area contributed by atoms with Crippen molar-refractivity contribution in [2.24, 2.45) is 0 Å². The molecule has 1 aromatic carbocycles. The van der Waals surface area contributed by atoms with Gasteiger partial charge in [0.25, 0.3) is 0 Å². The predicted molar refractivity (Wildman–Crippen MR) is 70.8 cm³/mol. The van der Waals surface area contributed by atoms with E-state index in [4.69, 9.17) is 9.47 Å². The molecule has 1 N–H and O–H groups in total. The van der Waals surface area contributed by atoms with E-state index < -0.39 is 0 Å². The Bertz CT molecular complexity index is 404. The Hall–Kier alpha value is -1.73. The number of methoxy groups -OCH3 is 2. The Kier molecular flexibility index (Phi) is 5.47. The molecule has 0 radical (unpaired) electrons. The first kappa shape index (κ1) is 14.3. The normalized spacial score (nSPS) is 13.5. The number of rotatable bonds is 6. The van der Waals surface area contributed by atoms with Crippen molar-refractivity contribution in [3.8, 4) is 17.6 Å². The molecule has 1 aromatic rings. The molecule has 2 unspecified atom stereocenters. The van der Waals surface area contributed by atoms with Crippen LogP contribution in [0.15, 0.2) is 18.2 Å². The lowest BCUT2D eigenvalue weighted by molar-refractivity contribution is 0.392. The highest BCUT2D eigenvalue weighted by Crippen LogP contribution is 2.26. The lowest BCUT2D eigenvalue weighted by atomic mass is 10.1. The molecule has 4 nitrogen and oxygen atoms in total. The van der Waals surface area contributed by atoms with Crippen molar-refractivity contribution in [2.75, 3.05) is 14.2 Å². The fourth-order valence-corrected chi connectivity index (χ4v) is 1.61. The molecule has 0 saturated carbocycles. The van der Waals surface area contributed by atoms with E-state index in [0.717, 1.165) is 12.0 Å². The van der Waals surface area contributed by atoms with E-state index >= 15 is 0 Å². The largest absolute Gasteiger partial charge is 0.497 e. The topological polar surface area (TPSA) is 54.3 Å². The van der Waals surface area contributed by atoms with Gasteiger partial charge in [-0.25, -0.2) is 0 Å². The van der Waals surface area contributed by atoms with Gasteiger partial charge in [0.05, 0.1) is 20.3 Å². The van der Waals surface area contributed by atoms with Gasteiger partial charge in [-0.2, -0.15) is 5.26 Å². The van der Waals surface area contributed by atoms with E-state index in [9.17, 15) is 5.26 Å². The summed E-state index contributed by atoms with van der Waals surface area (Å²) in [5.74, 6) is 1.38. The van der Waals surface area contributed by atoms with Crippen molar-refractivity contribution >= 4 is 0 Å². The number of ether oxygens (including phenoxy) is 2. The van der Waals surface area contributed by atoms with Gasteiger partial charge in [-0.05, 0) is 31.0 Å². The number of benzene rings is 1. The summed E-state index contributed by atoms with van der Waals surface area (Å²) >= 11 is 0. The highest BCUT2D eigenvalue weighted by Gasteiger charge is 2.15. The smallest absolute Gasteiger partial charge is 0.122 e. The SMILES string of the molecule is CCC(C)NC(C#N)c1cc(OC)cc(OC)c1. The summed E-state index contributed by atoms with van der Waals surface area (Å²) < 4.78 is 10.4. The van der Waals surface area contributed by atoms with E-state index in [1.807, 2.05) is 12.1 Å². The van der Waals surface area contributed by atoms with Crippen molar-refractivity contribution in [1.29, 1.82) is 5.26 Å². The summed E-state index contributed by atoms with van der Waals surface area (Å²) in [6.45, 7) is 4.14. The van der Waals surface area contributed by atoms with Gasteiger partial charge in [0, 0.05) is 12.1 Å². The number of nitriles is 1. The minimum absolute atomic E-state index is 0.284. The molecule has 0 aromatic heterocycles. The molecule has 0 heterocycles. The number of hydrogen-bond acceptors (Lipinski definition) is 4. The molecule has 0 aliphatic carbocycles. The molecule has 0 fully saturated rings. The maximum absolute atomic E-state index is 9.26. The van der Waals surface area contributed by atoms with Gasteiger partial charge in [0.2, 0.25) is 0 Å². The van der Waals surface area contributed by atoms with Crippen LogP contribution in [-0.2, 0) is 0 Å². The number of nitrogens with zero attached hydrogens (tertiary/aromatic N) is 1. The van der Waals surface area contributed by atoms with Gasteiger partial charge in [-0.15, -0.1) is 0 Å². The van der Waals surface area contributed by atoms with E-state index in [1.54, 1.807) is 20.3 Å². The van der Waals surface area contributed by atoms with Gasteiger partial charge in [0.1, 0.15) is 17.5 Å². The standard InChI is InChI=1S/C14H20N2O2/c1-5-10(2)16-14(9-15)11-6-12(17-3)8-13(7-11)18-4/h6-8,10,14,16H,5H2,1-4H3. The van der Waals surface area contributed by atoms with E-state index in [-0.39, 0.29) is 12.1 Å². The highest BCUT2D eigenvalue weighted by molar-refractivity contribution is 5.41.